The highest BCUT2D eigenvalue weighted by molar-refractivity contribution is 9.09. The molecule has 2 fully saturated rings. The van der Waals surface area contributed by atoms with Gasteiger partial charge in [0, 0.05) is 11.3 Å². The molecular formula is C17H23BrO2. The maximum atomic E-state index is 6.33. The normalized spacial score (nSPS) is 32.1. The Labute approximate surface area is 130 Å². The lowest BCUT2D eigenvalue weighted by atomic mass is 9.77. The first-order valence-electron chi connectivity index (χ1n) is 7.50. The molecule has 1 aromatic rings. The Bertz CT molecular complexity index is 447. The van der Waals surface area contributed by atoms with E-state index in [9.17, 15) is 0 Å². The van der Waals surface area contributed by atoms with E-state index in [2.05, 4.69) is 60.1 Å². The second-order valence-corrected chi connectivity index (χ2v) is 7.93. The predicted octanol–water partition coefficient (Wildman–Crippen LogP) is 4.49. The van der Waals surface area contributed by atoms with Gasteiger partial charge in [0.1, 0.15) is 0 Å². The number of halogens is 1. The van der Waals surface area contributed by atoms with Gasteiger partial charge in [-0.05, 0) is 18.4 Å². The summed E-state index contributed by atoms with van der Waals surface area (Å²) in [4.78, 5) is 0.269. The van der Waals surface area contributed by atoms with E-state index >= 15 is 0 Å². The van der Waals surface area contributed by atoms with Crippen molar-refractivity contribution in [1.29, 1.82) is 0 Å². The van der Waals surface area contributed by atoms with Gasteiger partial charge in [-0.1, -0.05) is 66.5 Å². The maximum absolute atomic E-state index is 6.33. The molecule has 0 radical (unpaired) electrons. The second-order valence-electron chi connectivity index (χ2n) is 6.82. The van der Waals surface area contributed by atoms with E-state index in [4.69, 9.17) is 9.47 Å². The van der Waals surface area contributed by atoms with E-state index in [-0.39, 0.29) is 10.2 Å². The molecule has 0 bridgehead atoms. The fraction of sp³-hybridized carbons (Fsp3) is 0.647. The van der Waals surface area contributed by atoms with Gasteiger partial charge in [0.25, 0.3) is 0 Å². The van der Waals surface area contributed by atoms with E-state index in [1.165, 1.54) is 12.0 Å². The van der Waals surface area contributed by atoms with Crippen molar-refractivity contribution in [3.63, 3.8) is 0 Å². The molecule has 3 rings (SSSR count). The lowest BCUT2D eigenvalue weighted by Gasteiger charge is -2.52. The van der Waals surface area contributed by atoms with Crippen molar-refractivity contribution in [1.82, 2.24) is 0 Å². The highest BCUT2D eigenvalue weighted by Gasteiger charge is 2.53. The van der Waals surface area contributed by atoms with Gasteiger partial charge in [-0.3, -0.25) is 0 Å². The smallest absolute Gasteiger partial charge is 0.187 e. The van der Waals surface area contributed by atoms with Gasteiger partial charge < -0.3 is 9.47 Å². The zero-order chi connectivity index (χ0) is 14.2. The van der Waals surface area contributed by atoms with Crippen LogP contribution in [0, 0.1) is 5.41 Å². The van der Waals surface area contributed by atoms with Crippen molar-refractivity contribution < 1.29 is 9.47 Å². The van der Waals surface area contributed by atoms with Crippen LogP contribution >= 0.6 is 15.9 Å². The summed E-state index contributed by atoms with van der Waals surface area (Å²) in [5.74, 6) is -0.173. The molecule has 1 aliphatic heterocycles. The molecular weight excluding hydrogens is 316 g/mol. The van der Waals surface area contributed by atoms with Gasteiger partial charge in [0.2, 0.25) is 0 Å². The molecule has 0 unspecified atom stereocenters. The fourth-order valence-corrected chi connectivity index (χ4v) is 4.20. The average molecular weight is 339 g/mol. The van der Waals surface area contributed by atoms with Gasteiger partial charge in [-0.25, -0.2) is 0 Å². The minimum absolute atomic E-state index is 0.108. The molecule has 0 aromatic heterocycles. The maximum Gasteiger partial charge on any atom is 0.187 e. The van der Waals surface area contributed by atoms with Crippen LogP contribution in [0.1, 0.15) is 44.6 Å². The van der Waals surface area contributed by atoms with Crippen molar-refractivity contribution in [2.45, 2.75) is 49.6 Å². The third kappa shape index (κ3) is 2.56. The van der Waals surface area contributed by atoms with Crippen molar-refractivity contribution in [3.05, 3.63) is 35.9 Å². The van der Waals surface area contributed by atoms with Crippen LogP contribution in [-0.4, -0.2) is 23.8 Å². The fourth-order valence-electron chi connectivity index (χ4n) is 3.29. The first-order valence-corrected chi connectivity index (χ1v) is 8.42. The molecule has 1 saturated carbocycles. The molecule has 1 aliphatic carbocycles. The third-order valence-corrected chi connectivity index (χ3v) is 5.55. The van der Waals surface area contributed by atoms with E-state index in [1.54, 1.807) is 0 Å². The topological polar surface area (TPSA) is 18.5 Å². The van der Waals surface area contributed by atoms with Crippen LogP contribution in [0.15, 0.2) is 30.3 Å². The van der Waals surface area contributed by atoms with Crippen molar-refractivity contribution in [2.24, 2.45) is 5.41 Å². The molecule has 2 atom stereocenters. The van der Waals surface area contributed by atoms with Crippen LogP contribution < -0.4 is 0 Å². The number of rotatable bonds is 1. The average Bonchev–Trinajstić information content (AvgIpc) is 2.45. The summed E-state index contributed by atoms with van der Waals surface area (Å²) in [5, 5.41) is 0. The lowest BCUT2D eigenvalue weighted by Crippen LogP contribution is -2.57. The van der Waals surface area contributed by atoms with Gasteiger partial charge in [0.05, 0.1) is 18.0 Å². The van der Waals surface area contributed by atoms with Crippen LogP contribution in [0.2, 0.25) is 0 Å². The van der Waals surface area contributed by atoms with E-state index in [1.807, 2.05) is 0 Å². The first kappa shape index (κ1) is 14.6. The van der Waals surface area contributed by atoms with Crippen molar-refractivity contribution in [2.75, 3.05) is 13.2 Å². The molecule has 0 N–H and O–H groups in total. The zero-order valence-electron chi connectivity index (χ0n) is 12.3. The van der Waals surface area contributed by atoms with E-state index in [0.29, 0.717) is 5.92 Å². The second kappa shape index (κ2) is 5.43. The Morgan fingerprint density at radius 2 is 1.70 bits per heavy atom. The summed E-state index contributed by atoms with van der Waals surface area (Å²) in [5.41, 5.74) is 1.44. The van der Waals surface area contributed by atoms with Crippen LogP contribution in [-0.2, 0) is 9.47 Å². The Hall–Kier alpha value is -0.380. The molecule has 0 amide bonds. The molecule has 1 spiro atoms. The number of hydrogen-bond donors (Lipinski definition) is 0. The third-order valence-electron chi connectivity index (χ3n) is 4.45. The van der Waals surface area contributed by atoms with E-state index < -0.39 is 5.79 Å². The molecule has 110 valence electrons. The summed E-state index contributed by atoms with van der Waals surface area (Å²) in [6, 6.07) is 10.7. The summed E-state index contributed by atoms with van der Waals surface area (Å²) < 4.78 is 12.7. The summed E-state index contributed by atoms with van der Waals surface area (Å²) >= 11 is 3.83. The van der Waals surface area contributed by atoms with Crippen LogP contribution in [0.3, 0.4) is 0 Å². The highest BCUT2D eigenvalue weighted by Crippen LogP contribution is 2.50. The van der Waals surface area contributed by atoms with Gasteiger partial charge in [-0.2, -0.15) is 0 Å². The van der Waals surface area contributed by atoms with Gasteiger partial charge in [0.15, 0.2) is 5.79 Å². The summed E-state index contributed by atoms with van der Waals surface area (Å²) in [7, 11) is 0. The molecule has 2 aliphatic rings. The van der Waals surface area contributed by atoms with Crippen molar-refractivity contribution >= 4 is 15.9 Å². The zero-order valence-corrected chi connectivity index (χ0v) is 13.9. The monoisotopic (exact) mass is 338 g/mol. The number of ether oxygens (including phenoxy) is 2. The predicted molar refractivity (Wildman–Crippen MR) is 84.2 cm³/mol. The Morgan fingerprint density at radius 1 is 1.05 bits per heavy atom. The van der Waals surface area contributed by atoms with Gasteiger partial charge in [-0.15, -0.1) is 0 Å². The number of benzene rings is 1. The highest BCUT2D eigenvalue weighted by atomic mass is 79.9. The standard InChI is InChI=1S/C17H23BrO2/c1-16(2)11-19-17(20-12-16)14(9-6-10-15(17)18)13-7-4-3-5-8-13/h3-5,7-8,14-15H,6,9-12H2,1-2H3/t14-,15+/m0/s1. The minimum Gasteiger partial charge on any atom is -0.348 e. The Balaban J connectivity index is 1.92. The molecule has 20 heavy (non-hydrogen) atoms. The Kier molecular flexibility index (Phi) is 3.95. The number of alkyl halides is 1. The number of hydrogen-bond acceptors (Lipinski definition) is 2. The van der Waals surface area contributed by atoms with Crippen LogP contribution in [0.4, 0.5) is 0 Å². The molecule has 2 nitrogen and oxygen atoms in total. The lowest BCUT2D eigenvalue weighted by molar-refractivity contribution is -0.314. The first-order chi connectivity index (χ1) is 9.54. The quantitative estimate of drug-likeness (QED) is 0.702. The van der Waals surface area contributed by atoms with Crippen LogP contribution in [0.25, 0.3) is 0 Å². The van der Waals surface area contributed by atoms with Gasteiger partial charge >= 0.3 is 0 Å². The molecule has 1 aromatic carbocycles. The summed E-state index contributed by atoms with van der Waals surface area (Å²) in [6.45, 7) is 5.92. The van der Waals surface area contributed by atoms with Crippen LogP contribution in [0.5, 0.6) is 0 Å². The minimum atomic E-state index is -0.491. The van der Waals surface area contributed by atoms with Crippen molar-refractivity contribution in [3.8, 4) is 0 Å². The molecule has 1 saturated heterocycles. The van der Waals surface area contributed by atoms with E-state index in [0.717, 1.165) is 26.1 Å². The summed E-state index contributed by atoms with van der Waals surface area (Å²) in [6.07, 6.45) is 3.46. The molecule has 1 heterocycles. The SMILES string of the molecule is CC1(C)COC2(OC1)[C@H](Br)CCC[C@H]2c1ccccc1. The largest absolute Gasteiger partial charge is 0.348 e. The molecule has 3 heteroatoms. The Morgan fingerprint density at radius 3 is 2.35 bits per heavy atom.